The van der Waals surface area contributed by atoms with E-state index in [1.807, 2.05) is 36.6 Å². The van der Waals surface area contributed by atoms with Crippen molar-refractivity contribution in [2.75, 3.05) is 0 Å². The van der Waals surface area contributed by atoms with E-state index in [1.54, 1.807) is 12.7 Å². The number of halogens is 1. The van der Waals surface area contributed by atoms with Gasteiger partial charge in [0.2, 0.25) is 0 Å². The minimum absolute atomic E-state index is 0.810. The molecule has 0 N–H and O–H groups in total. The van der Waals surface area contributed by atoms with Crippen molar-refractivity contribution in [3.8, 4) is 5.69 Å². The molecule has 0 spiro atoms. The van der Waals surface area contributed by atoms with E-state index >= 15 is 0 Å². The van der Waals surface area contributed by atoms with Crippen molar-refractivity contribution < 1.29 is 0 Å². The molecule has 0 atom stereocenters. The zero-order chi connectivity index (χ0) is 12.0. The van der Waals surface area contributed by atoms with Crippen LogP contribution in [0.2, 0.25) is 5.02 Å². The summed E-state index contributed by atoms with van der Waals surface area (Å²) in [6.45, 7) is 6.08. The lowest BCUT2D eigenvalue weighted by atomic mass is 10.1. The molecule has 2 rings (SSSR count). The van der Waals surface area contributed by atoms with Crippen molar-refractivity contribution in [2.24, 2.45) is 0 Å². The van der Waals surface area contributed by atoms with Gasteiger partial charge in [0.05, 0.1) is 0 Å². The molecule has 0 fully saturated rings. The molecule has 16 heavy (non-hydrogen) atoms. The van der Waals surface area contributed by atoms with Crippen LogP contribution >= 0.6 is 11.6 Å². The van der Waals surface area contributed by atoms with Crippen LogP contribution in [0.25, 0.3) is 5.69 Å². The van der Waals surface area contributed by atoms with E-state index in [0.717, 1.165) is 22.7 Å². The van der Waals surface area contributed by atoms with Crippen LogP contribution in [0.3, 0.4) is 0 Å². The molecule has 2 aromatic rings. The Balaban J connectivity index is 0.000000606. The largest absolute Gasteiger partial charge is 0.288 e. The fourth-order valence-electron chi connectivity index (χ4n) is 1.33. The van der Waals surface area contributed by atoms with Gasteiger partial charge in [-0.3, -0.25) is 4.57 Å². The first kappa shape index (κ1) is 12.7. The number of rotatable bonds is 2. The van der Waals surface area contributed by atoms with E-state index in [0.29, 0.717) is 0 Å². The van der Waals surface area contributed by atoms with Crippen LogP contribution in [0.4, 0.5) is 0 Å². The topological polar surface area (TPSA) is 30.7 Å². The maximum Gasteiger partial charge on any atom is 0.123 e. The molecule has 1 aromatic heterocycles. The summed E-state index contributed by atoms with van der Waals surface area (Å²) in [5.74, 6) is 0. The molecule has 0 radical (unpaired) electrons. The maximum absolute atomic E-state index is 6.02. The van der Waals surface area contributed by atoms with Crippen LogP contribution in [-0.2, 0) is 6.42 Å². The van der Waals surface area contributed by atoms with Crippen LogP contribution in [0.5, 0.6) is 0 Å². The molecule has 0 saturated carbocycles. The van der Waals surface area contributed by atoms with E-state index in [4.69, 9.17) is 11.6 Å². The molecule has 0 aliphatic carbocycles. The highest BCUT2D eigenvalue weighted by atomic mass is 35.5. The summed E-state index contributed by atoms with van der Waals surface area (Å²) in [5.41, 5.74) is 2.18. The van der Waals surface area contributed by atoms with Gasteiger partial charge >= 0.3 is 0 Å². The van der Waals surface area contributed by atoms with Gasteiger partial charge in [0.25, 0.3) is 0 Å². The second-order valence-corrected chi connectivity index (χ2v) is 3.41. The van der Waals surface area contributed by atoms with Crippen molar-refractivity contribution >= 4 is 11.6 Å². The molecule has 86 valence electrons. The highest BCUT2D eigenvalue weighted by Crippen LogP contribution is 2.19. The van der Waals surface area contributed by atoms with Crippen LogP contribution in [0, 0.1) is 0 Å². The van der Waals surface area contributed by atoms with Gasteiger partial charge < -0.3 is 0 Å². The normalized spacial score (nSPS) is 9.50. The molecule has 1 aromatic carbocycles. The van der Waals surface area contributed by atoms with Gasteiger partial charge in [0.15, 0.2) is 0 Å². The number of aryl methyl sites for hydroxylation is 1. The average Bonchev–Trinajstić information content (AvgIpc) is 2.86. The van der Waals surface area contributed by atoms with Gasteiger partial charge in [-0.15, -0.1) is 10.2 Å². The molecule has 0 bridgehead atoms. The Hall–Kier alpha value is -1.35. The van der Waals surface area contributed by atoms with Crippen LogP contribution in [0.15, 0.2) is 30.9 Å². The Kier molecular flexibility index (Phi) is 4.99. The minimum Gasteiger partial charge on any atom is -0.288 e. The Labute approximate surface area is 101 Å². The van der Waals surface area contributed by atoms with E-state index in [1.165, 1.54) is 0 Å². The molecule has 0 unspecified atom stereocenters. The number of hydrogen-bond acceptors (Lipinski definition) is 2. The van der Waals surface area contributed by atoms with Crippen molar-refractivity contribution in [1.82, 2.24) is 14.8 Å². The molecule has 0 saturated heterocycles. The average molecular weight is 238 g/mol. The van der Waals surface area contributed by atoms with Crippen molar-refractivity contribution in [2.45, 2.75) is 27.2 Å². The molecule has 0 aliphatic heterocycles. The maximum atomic E-state index is 6.02. The summed E-state index contributed by atoms with van der Waals surface area (Å²) in [4.78, 5) is 0. The third-order valence-corrected chi connectivity index (χ3v) is 2.50. The van der Waals surface area contributed by atoms with Gasteiger partial charge in [-0.05, 0) is 30.2 Å². The van der Waals surface area contributed by atoms with Gasteiger partial charge in [0.1, 0.15) is 12.7 Å². The second-order valence-electron chi connectivity index (χ2n) is 3.00. The van der Waals surface area contributed by atoms with Crippen molar-refractivity contribution in [3.05, 3.63) is 41.4 Å². The lowest BCUT2D eigenvalue weighted by Crippen LogP contribution is -1.92. The molecule has 4 heteroatoms. The van der Waals surface area contributed by atoms with Gasteiger partial charge in [0, 0.05) is 10.7 Å². The zero-order valence-electron chi connectivity index (χ0n) is 9.81. The lowest BCUT2D eigenvalue weighted by Gasteiger charge is -2.05. The highest BCUT2D eigenvalue weighted by Gasteiger charge is 2.01. The van der Waals surface area contributed by atoms with Gasteiger partial charge in [-0.2, -0.15) is 0 Å². The third kappa shape index (κ3) is 2.83. The van der Waals surface area contributed by atoms with Crippen LogP contribution < -0.4 is 0 Å². The van der Waals surface area contributed by atoms with Crippen LogP contribution in [0.1, 0.15) is 26.3 Å². The fraction of sp³-hybridized carbons (Fsp3) is 0.333. The fourth-order valence-corrected chi connectivity index (χ4v) is 1.58. The first-order valence-electron chi connectivity index (χ1n) is 5.44. The SMILES string of the molecule is CC.CCc1cc(-n2cnnc2)ccc1Cl. The van der Waals surface area contributed by atoms with Crippen molar-refractivity contribution in [3.63, 3.8) is 0 Å². The summed E-state index contributed by atoms with van der Waals surface area (Å²) in [6.07, 6.45) is 4.26. The van der Waals surface area contributed by atoms with E-state index in [9.17, 15) is 0 Å². The number of nitrogens with zero attached hydrogens (tertiary/aromatic N) is 3. The second kappa shape index (κ2) is 6.28. The predicted molar refractivity (Wildman–Crippen MR) is 67.1 cm³/mol. The first-order valence-corrected chi connectivity index (χ1v) is 5.82. The van der Waals surface area contributed by atoms with Gasteiger partial charge in [-0.25, -0.2) is 0 Å². The summed E-state index contributed by atoms with van der Waals surface area (Å²) in [6, 6.07) is 5.90. The quantitative estimate of drug-likeness (QED) is 0.800. The molecular weight excluding hydrogens is 222 g/mol. The monoisotopic (exact) mass is 237 g/mol. The molecule has 0 aliphatic rings. The number of hydrogen-bond donors (Lipinski definition) is 0. The molecule has 3 nitrogen and oxygen atoms in total. The third-order valence-electron chi connectivity index (χ3n) is 2.13. The summed E-state index contributed by atoms with van der Waals surface area (Å²) in [7, 11) is 0. The smallest absolute Gasteiger partial charge is 0.123 e. The molecule has 0 amide bonds. The van der Waals surface area contributed by atoms with Gasteiger partial charge in [-0.1, -0.05) is 32.4 Å². The first-order chi connectivity index (χ1) is 7.81. The Morgan fingerprint density at radius 2 is 1.81 bits per heavy atom. The number of aromatic nitrogens is 3. The summed E-state index contributed by atoms with van der Waals surface area (Å²) in [5, 5.41) is 8.32. The van der Waals surface area contributed by atoms with E-state index in [-0.39, 0.29) is 0 Å². The Morgan fingerprint density at radius 3 is 2.38 bits per heavy atom. The van der Waals surface area contributed by atoms with Crippen molar-refractivity contribution in [1.29, 1.82) is 0 Å². The lowest BCUT2D eigenvalue weighted by molar-refractivity contribution is 1.04. The minimum atomic E-state index is 0.810. The highest BCUT2D eigenvalue weighted by molar-refractivity contribution is 6.31. The summed E-state index contributed by atoms with van der Waals surface area (Å²) < 4.78 is 1.86. The van der Waals surface area contributed by atoms with E-state index < -0.39 is 0 Å². The molecular formula is C12H16ClN3. The summed E-state index contributed by atoms with van der Waals surface area (Å²) >= 11 is 6.02. The molecule has 1 heterocycles. The van der Waals surface area contributed by atoms with Crippen LogP contribution in [-0.4, -0.2) is 14.8 Å². The van der Waals surface area contributed by atoms with E-state index in [2.05, 4.69) is 17.1 Å². The Morgan fingerprint density at radius 1 is 1.19 bits per heavy atom. The number of benzene rings is 1. The zero-order valence-corrected chi connectivity index (χ0v) is 10.6. The standard InChI is InChI=1S/C10H10ClN3.C2H6/c1-2-8-5-9(3-4-10(8)11)14-6-12-13-7-14;1-2/h3-7H,2H2,1H3;1-2H3. The Bertz CT molecular complexity index is 424. The predicted octanol–water partition coefficient (Wildman–Crippen LogP) is 3.51.